The highest BCUT2D eigenvalue weighted by molar-refractivity contribution is 7.99. The van der Waals surface area contributed by atoms with Crippen LogP contribution in [0.2, 0.25) is 0 Å². The number of hydrogen-bond donors (Lipinski definition) is 2. The molecule has 0 saturated carbocycles. The summed E-state index contributed by atoms with van der Waals surface area (Å²) in [7, 11) is 0. The molecule has 2 fully saturated rings. The molecule has 5 heteroatoms. The second-order valence-corrected chi connectivity index (χ2v) is 5.31. The summed E-state index contributed by atoms with van der Waals surface area (Å²) < 4.78 is 11.1. The standard InChI is InChI=1S/C9H16O4S/c1-9(2)12-7-5(10)3-14-4-6(11)8(7)13-9/h5-8,10-11H,3-4H2,1-2H3. The van der Waals surface area contributed by atoms with Crippen LogP contribution in [-0.2, 0) is 9.47 Å². The maximum absolute atomic E-state index is 9.77. The third-order valence-corrected chi connectivity index (χ3v) is 3.65. The van der Waals surface area contributed by atoms with Gasteiger partial charge in [-0.15, -0.1) is 0 Å². The van der Waals surface area contributed by atoms with E-state index in [9.17, 15) is 10.2 Å². The molecule has 4 atom stereocenters. The van der Waals surface area contributed by atoms with E-state index in [4.69, 9.17) is 9.47 Å². The molecular weight excluding hydrogens is 204 g/mol. The zero-order chi connectivity index (χ0) is 10.3. The number of ether oxygens (including phenoxy) is 2. The predicted molar refractivity (Wildman–Crippen MR) is 53.2 cm³/mol. The van der Waals surface area contributed by atoms with Crippen molar-refractivity contribution < 1.29 is 19.7 Å². The van der Waals surface area contributed by atoms with Crippen molar-refractivity contribution in [1.82, 2.24) is 0 Å². The lowest BCUT2D eigenvalue weighted by Crippen LogP contribution is -2.41. The van der Waals surface area contributed by atoms with Gasteiger partial charge in [-0.2, -0.15) is 11.8 Å². The van der Waals surface area contributed by atoms with Gasteiger partial charge in [0, 0.05) is 11.5 Å². The van der Waals surface area contributed by atoms with Gasteiger partial charge in [0.1, 0.15) is 12.2 Å². The first-order valence-corrected chi connectivity index (χ1v) is 5.94. The average Bonchev–Trinajstić information content (AvgIpc) is 2.35. The zero-order valence-electron chi connectivity index (χ0n) is 8.34. The van der Waals surface area contributed by atoms with E-state index in [1.54, 1.807) is 13.8 Å². The van der Waals surface area contributed by atoms with Crippen molar-refractivity contribution in [3.63, 3.8) is 0 Å². The Hall–Kier alpha value is 0.190. The van der Waals surface area contributed by atoms with Crippen LogP contribution in [0.3, 0.4) is 0 Å². The normalized spacial score (nSPS) is 47.1. The minimum Gasteiger partial charge on any atom is -0.389 e. The number of aliphatic hydroxyl groups is 2. The maximum Gasteiger partial charge on any atom is 0.164 e. The molecule has 0 aromatic heterocycles. The Morgan fingerprint density at radius 3 is 1.93 bits per heavy atom. The molecule has 0 aliphatic carbocycles. The van der Waals surface area contributed by atoms with Crippen molar-refractivity contribution in [3.05, 3.63) is 0 Å². The quantitative estimate of drug-likeness (QED) is 0.600. The summed E-state index contributed by atoms with van der Waals surface area (Å²) in [5.74, 6) is 0.495. The van der Waals surface area contributed by atoms with E-state index in [0.29, 0.717) is 11.5 Å². The minimum absolute atomic E-state index is 0.394. The van der Waals surface area contributed by atoms with Gasteiger partial charge >= 0.3 is 0 Å². The van der Waals surface area contributed by atoms with Gasteiger partial charge < -0.3 is 19.7 Å². The Bertz CT molecular complexity index is 201. The highest BCUT2D eigenvalue weighted by Crippen LogP contribution is 2.35. The summed E-state index contributed by atoms with van der Waals surface area (Å²) in [6.07, 6.45) is -1.89. The SMILES string of the molecule is CC1(C)OC2C(O)CSCC(O)C2O1. The van der Waals surface area contributed by atoms with E-state index in [2.05, 4.69) is 0 Å². The van der Waals surface area contributed by atoms with Gasteiger partial charge in [-0.1, -0.05) is 0 Å². The Labute approximate surface area is 87.6 Å². The molecule has 82 valence electrons. The topological polar surface area (TPSA) is 58.9 Å². The maximum atomic E-state index is 9.77. The molecule has 14 heavy (non-hydrogen) atoms. The van der Waals surface area contributed by atoms with Crippen LogP contribution in [0.25, 0.3) is 0 Å². The van der Waals surface area contributed by atoms with Crippen molar-refractivity contribution in [2.24, 2.45) is 0 Å². The van der Waals surface area contributed by atoms with Crippen molar-refractivity contribution in [2.75, 3.05) is 11.5 Å². The first-order valence-electron chi connectivity index (χ1n) is 4.79. The minimum atomic E-state index is -0.695. The van der Waals surface area contributed by atoms with Crippen molar-refractivity contribution in [3.8, 4) is 0 Å². The molecule has 4 unspecified atom stereocenters. The van der Waals surface area contributed by atoms with Crippen LogP contribution in [0, 0.1) is 0 Å². The van der Waals surface area contributed by atoms with Gasteiger partial charge in [-0.25, -0.2) is 0 Å². The lowest BCUT2D eigenvalue weighted by Gasteiger charge is -2.20. The first-order chi connectivity index (χ1) is 6.49. The molecule has 0 radical (unpaired) electrons. The summed E-state index contributed by atoms with van der Waals surface area (Å²) in [6.45, 7) is 3.60. The summed E-state index contributed by atoms with van der Waals surface area (Å²) in [6, 6.07) is 0. The van der Waals surface area contributed by atoms with Gasteiger partial charge in [0.25, 0.3) is 0 Å². The van der Waals surface area contributed by atoms with Crippen molar-refractivity contribution >= 4 is 11.8 Å². The third kappa shape index (κ3) is 1.92. The van der Waals surface area contributed by atoms with Crippen LogP contribution in [0.15, 0.2) is 0 Å². The second kappa shape index (κ2) is 3.64. The molecule has 2 aliphatic rings. The fourth-order valence-corrected chi connectivity index (χ4v) is 2.91. The van der Waals surface area contributed by atoms with Gasteiger partial charge in [0.15, 0.2) is 5.79 Å². The van der Waals surface area contributed by atoms with E-state index in [0.717, 1.165) is 0 Å². The van der Waals surface area contributed by atoms with Crippen LogP contribution in [0.1, 0.15) is 13.8 Å². The molecule has 0 bridgehead atoms. The smallest absolute Gasteiger partial charge is 0.164 e. The number of fused-ring (bicyclic) bond motifs is 1. The van der Waals surface area contributed by atoms with Crippen LogP contribution < -0.4 is 0 Å². The fraction of sp³-hybridized carbons (Fsp3) is 1.00. The van der Waals surface area contributed by atoms with Crippen LogP contribution >= 0.6 is 11.8 Å². The molecule has 0 amide bonds. The summed E-state index contributed by atoms with van der Waals surface area (Å²) in [4.78, 5) is 0. The van der Waals surface area contributed by atoms with Crippen molar-refractivity contribution in [1.29, 1.82) is 0 Å². The average molecular weight is 220 g/mol. The highest BCUT2D eigenvalue weighted by Gasteiger charge is 2.49. The van der Waals surface area contributed by atoms with Crippen LogP contribution in [-0.4, -0.2) is 51.9 Å². The Kier molecular flexibility index (Phi) is 2.79. The second-order valence-electron chi connectivity index (χ2n) is 4.24. The number of rotatable bonds is 0. The molecule has 2 saturated heterocycles. The lowest BCUT2D eigenvalue weighted by molar-refractivity contribution is -0.159. The van der Waals surface area contributed by atoms with Gasteiger partial charge in [-0.3, -0.25) is 0 Å². The summed E-state index contributed by atoms with van der Waals surface area (Å²) in [5, 5.41) is 19.5. The molecule has 2 heterocycles. The van der Waals surface area contributed by atoms with E-state index < -0.39 is 30.2 Å². The van der Waals surface area contributed by atoms with Gasteiger partial charge in [0.05, 0.1) is 12.2 Å². The van der Waals surface area contributed by atoms with Crippen LogP contribution in [0.4, 0.5) is 0 Å². The molecule has 4 nitrogen and oxygen atoms in total. The van der Waals surface area contributed by atoms with Gasteiger partial charge in [-0.05, 0) is 13.8 Å². The Balaban J connectivity index is 2.16. The molecular formula is C9H16O4S. The molecule has 0 aromatic carbocycles. The Morgan fingerprint density at radius 2 is 1.50 bits per heavy atom. The summed E-state index contributed by atoms with van der Waals surface area (Å²) >= 11 is 1.53. The fourth-order valence-electron chi connectivity index (χ4n) is 1.91. The largest absolute Gasteiger partial charge is 0.389 e. The predicted octanol–water partition coefficient (Wildman–Crippen LogP) is -0.0249. The lowest BCUT2D eigenvalue weighted by atomic mass is 10.1. The van der Waals surface area contributed by atoms with E-state index in [1.807, 2.05) is 0 Å². The molecule has 2 aliphatic heterocycles. The third-order valence-electron chi connectivity index (χ3n) is 2.50. The molecule has 2 rings (SSSR count). The monoisotopic (exact) mass is 220 g/mol. The summed E-state index contributed by atoms with van der Waals surface area (Å²) in [5.41, 5.74) is 0. The number of hydrogen-bond acceptors (Lipinski definition) is 5. The Morgan fingerprint density at radius 1 is 1.07 bits per heavy atom. The zero-order valence-corrected chi connectivity index (χ0v) is 9.16. The molecule has 2 N–H and O–H groups in total. The van der Waals surface area contributed by atoms with E-state index >= 15 is 0 Å². The van der Waals surface area contributed by atoms with E-state index in [1.165, 1.54) is 11.8 Å². The number of aliphatic hydroxyl groups excluding tert-OH is 2. The van der Waals surface area contributed by atoms with Gasteiger partial charge in [0.2, 0.25) is 0 Å². The molecule has 0 aromatic rings. The van der Waals surface area contributed by atoms with E-state index in [-0.39, 0.29) is 0 Å². The molecule has 0 spiro atoms. The highest BCUT2D eigenvalue weighted by atomic mass is 32.2. The van der Waals surface area contributed by atoms with Crippen molar-refractivity contribution in [2.45, 2.75) is 44.1 Å². The first kappa shape index (κ1) is 10.7. The van der Waals surface area contributed by atoms with Crippen LogP contribution in [0.5, 0.6) is 0 Å². The number of thioether (sulfide) groups is 1.